The van der Waals surface area contributed by atoms with Crippen molar-refractivity contribution in [3.63, 3.8) is 0 Å². The van der Waals surface area contributed by atoms with Crippen molar-refractivity contribution in [3.8, 4) is 0 Å². The Labute approximate surface area is 129 Å². The Morgan fingerprint density at radius 1 is 1.18 bits per heavy atom. The minimum atomic E-state index is -0.135. The molecular formula is C17H19N3O2. The maximum Gasteiger partial charge on any atom is 0.259 e. The van der Waals surface area contributed by atoms with Gasteiger partial charge in [-0.3, -0.25) is 4.79 Å². The molecule has 1 aromatic heterocycles. The lowest BCUT2D eigenvalue weighted by Crippen LogP contribution is -2.38. The zero-order chi connectivity index (χ0) is 15.4. The number of aryl methyl sites for hydroxylation is 1. The number of ether oxygens (including phenoxy) is 1. The Bertz CT molecular complexity index is 666. The van der Waals surface area contributed by atoms with Gasteiger partial charge in [-0.1, -0.05) is 18.2 Å². The monoisotopic (exact) mass is 297 g/mol. The minimum Gasteiger partial charge on any atom is -0.378 e. The molecule has 1 amide bonds. The first kappa shape index (κ1) is 14.5. The summed E-state index contributed by atoms with van der Waals surface area (Å²) in [7, 11) is 0. The average Bonchev–Trinajstić information content (AvgIpc) is 2.58. The van der Waals surface area contributed by atoms with E-state index in [1.807, 2.05) is 37.3 Å². The van der Waals surface area contributed by atoms with Crippen LogP contribution in [0, 0.1) is 6.92 Å². The molecule has 1 aliphatic heterocycles. The lowest BCUT2D eigenvalue weighted by Gasteiger charge is -2.29. The van der Waals surface area contributed by atoms with Gasteiger partial charge >= 0.3 is 0 Å². The molecule has 1 fully saturated rings. The zero-order valence-electron chi connectivity index (χ0n) is 12.6. The summed E-state index contributed by atoms with van der Waals surface area (Å²) < 4.78 is 5.36. The Morgan fingerprint density at radius 2 is 1.95 bits per heavy atom. The molecule has 0 saturated carbocycles. The van der Waals surface area contributed by atoms with E-state index in [1.165, 1.54) is 0 Å². The predicted octanol–water partition coefficient (Wildman–Crippen LogP) is 2.48. The van der Waals surface area contributed by atoms with E-state index >= 15 is 0 Å². The van der Waals surface area contributed by atoms with E-state index in [0.717, 1.165) is 30.2 Å². The van der Waals surface area contributed by atoms with Gasteiger partial charge in [0, 0.05) is 25.0 Å². The molecule has 0 atom stereocenters. The molecule has 1 aliphatic rings. The quantitative estimate of drug-likeness (QED) is 0.945. The third-order valence-corrected chi connectivity index (χ3v) is 3.74. The van der Waals surface area contributed by atoms with Gasteiger partial charge in [0.1, 0.15) is 5.82 Å². The highest BCUT2D eigenvalue weighted by Gasteiger charge is 2.20. The first-order valence-electron chi connectivity index (χ1n) is 7.40. The van der Waals surface area contributed by atoms with Crippen LogP contribution in [0.2, 0.25) is 0 Å². The van der Waals surface area contributed by atoms with Gasteiger partial charge in [0.25, 0.3) is 5.91 Å². The Morgan fingerprint density at radius 3 is 2.73 bits per heavy atom. The summed E-state index contributed by atoms with van der Waals surface area (Å²) in [6.07, 6.45) is 1.72. The number of hydrogen-bond acceptors (Lipinski definition) is 4. The van der Waals surface area contributed by atoms with Crippen LogP contribution in [0.5, 0.6) is 0 Å². The van der Waals surface area contributed by atoms with Gasteiger partial charge in [0.15, 0.2) is 0 Å². The molecule has 5 nitrogen and oxygen atoms in total. The number of carbonyl (C=O) groups is 1. The van der Waals surface area contributed by atoms with Gasteiger partial charge in [-0.15, -0.1) is 0 Å². The second-order valence-electron chi connectivity index (χ2n) is 5.24. The number of para-hydroxylation sites is 1. The molecule has 2 aromatic rings. The molecule has 1 saturated heterocycles. The summed E-state index contributed by atoms with van der Waals surface area (Å²) in [4.78, 5) is 19.1. The normalized spacial score (nSPS) is 14.7. The van der Waals surface area contributed by atoms with Crippen molar-refractivity contribution in [1.29, 1.82) is 0 Å². The molecule has 0 radical (unpaired) electrons. The van der Waals surface area contributed by atoms with Gasteiger partial charge in [-0.25, -0.2) is 4.98 Å². The molecule has 0 aliphatic carbocycles. The molecule has 3 rings (SSSR count). The van der Waals surface area contributed by atoms with E-state index in [4.69, 9.17) is 4.74 Å². The van der Waals surface area contributed by atoms with Crippen LogP contribution in [-0.2, 0) is 4.74 Å². The summed E-state index contributed by atoms with van der Waals surface area (Å²) in [6.45, 7) is 4.80. The summed E-state index contributed by atoms with van der Waals surface area (Å²) in [5.74, 6) is 0.584. The minimum absolute atomic E-state index is 0.135. The van der Waals surface area contributed by atoms with Crippen LogP contribution in [0.3, 0.4) is 0 Å². The third-order valence-electron chi connectivity index (χ3n) is 3.74. The van der Waals surface area contributed by atoms with Crippen LogP contribution < -0.4 is 10.2 Å². The van der Waals surface area contributed by atoms with Crippen molar-refractivity contribution in [1.82, 2.24) is 4.98 Å². The molecule has 0 spiro atoms. The number of hydrogen-bond donors (Lipinski definition) is 1. The van der Waals surface area contributed by atoms with Gasteiger partial charge in [-0.05, 0) is 30.7 Å². The van der Waals surface area contributed by atoms with Crippen LogP contribution in [0.4, 0.5) is 11.5 Å². The van der Waals surface area contributed by atoms with Gasteiger partial charge in [-0.2, -0.15) is 0 Å². The highest BCUT2D eigenvalue weighted by Crippen LogP contribution is 2.21. The fourth-order valence-corrected chi connectivity index (χ4v) is 2.50. The number of nitrogens with one attached hydrogen (secondary N) is 1. The van der Waals surface area contributed by atoms with Crippen molar-refractivity contribution in [3.05, 3.63) is 53.7 Å². The van der Waals surface area contributed by atoms with Crippen molar-refractivity contribution in [2.45, 2.75) is 6.92 Å². The fourth-order valence-electron chi connectivity index (χ4n) is 2.50. The molecule has 1 aromatic carbocycles. The average molecular weight is 297 g/mol. The van der Waals surface area contributed by atoms with Gasteiger partial charge in [0.05, 0.1) is 18.8 Å². The number of amides is 1. The summed E-state index contributed by atoms with van der Waals surface area (Å²) in [6, 6.07) is 11.3. The van der Waals surface area contributed by atoms with Gasteiger partial charge < -0.3 is 15.0 Å². The van der Waals surface area contributed by atoms with E-state index in [1.54, 1.807) is 12.3 Å². The topological polar surface area (TPSA) is 54.5 Å². The van der Waals surface area contributed by atoms with Gasteiger partial charge in [0.2, 0.25) is 0 Å². The van der Waals surface area contributed by atoms with Crippen LogP contribution in [0.15, 0.2) is 42.6 Å². The number of carbonyl (C=O) groups excluding carboxylic acids is 1. The number of benzene rings is 1. The van der Waals surface area contributed by atoms with E-state index < -0.39 is 0 Å². The number of aromatic nitrogens is 1. The lowest BCUT2D eigenvalue weighted by atomic mass is 10.1. The Kier molecular flexibility index (Phi) is 4.34. The summed E-state index contributed by atoms with van der Waals surface area (Å²) in [5, 5.41) is 2.97. The maximum atomic E-state index is 12.6. The van der Waals surface area contributed by atoms with Crippen LogP contribution in [0.1, 0.15) is 15.9 Å². The highest BCUT2D eigenvalue weighted by molar-refractivity contribution is 6.07. The maximum absolute atomic E-state index is 12.6. The second-order valence-corrected chi connectivity index (χ2v) is 5.24. The highest BCUT2D eigenvalue weighted by atomic mass is 16.5. The van der Waals surface area contributed by atoms with Crippen molar-refractivity contribution in [2.75, 3.05) is 36.5 Å². The first-order valence-corrected chi connectivity index (χ1v) is 7.40. The van der Waals surface area contributed by atoms with E-state index in [0.29, 0.717) is 18.8 Å². The van der Waals surface area contributed by atoms with Crippen LogP contribution in [0.25, 0.3) is 0 Å². The Balaban J connectivity index is 1.85. The SMILES string of the molecule is Cc1ccccc1NC(=O)c1cccnc1N1CCOCC1. The number of nitrogens with zero attached hydrogens (tertiary/aromatic N) is 2. The Hall–Kier alpha value is -2.40. The number of rotatable bonds is 3. The molecule has 114 valence electrons. The number of anilines is 2. The van der Waals surface area contributed by atoms with E-state index in [9.17, 15) is 4.79 Å². The molecule has 1 N–H and O–H groups in total. The van der Waals surface area contributed by atoms with Crippen molar-refractivity contribution < 1.29 is 9.53 Å². The fraction of sp³-hybridized carbons (Fsp3) is 0.294. The predicted molar refractivity (Wildman–Crippen MR) is 86.4 cm³/mol. The molecule has 0 bridgehead atoms. The standard InChI is InChI=1S/C17H19N3O2/c1-13-5-2-3-7-15(13)19-17(21)14-6-4-8-18-16(14)20-9-11-22-12-10-20/h2-8H,9-12H2,1H3,(H,19,21). The van der Waals surface area contributed by atoms with Crippen molar-refractivity contribution in [2.24, 2.45) is 0 Å². The number of morpholine rings is 1. The van der Waals surface area contributed by atoms with Crippen LogP contribution >= 0.6 is 0 Å². The molecule has 0 unspecified atom stereocenters. The molecule has 2 heterocycles. The van der Waals surface area contributed by atoms with Crippen LogP contribution in [-0.4, -0.2) is 37.2 Å². The second kappa shape index (κ2) is 6.58. The first-order chi connectivity index (χ1) is 10.8. The van der Waals surface area contributed by atoms with E-state index in [-0.39, 0.29) is 5.91 Å². The smallest absolute Gasteiger partial charge is 0.259 e. The third kappa shape index (κ3) is 3.09. The van der Waals surface area contributed by atoms with E-state index in [2.05, 4.69) is 15.2 Å². The summed E-state index contributed by atoms with van der Waals surface area (Å²) >= 11 is 0. The zero-order valence-corrected chi connectivity index (χ0v) is 12.6. The van der Waals surface area contributed by atoms with Crippen molar-refractivity contribution >= 4 is 17.4 Å². The largest absolute Gasteiger partial charge is 0.378 e. The molecule has 22 heavy (non-hydrogen) atoms. The number of pyridine rings is 1. The summed E-state index contributed by atoms with van der Waals surface area (Å²) in [5.41, 5.74) is 2.45. The molecular weight excluding hydrogens is 278 g/mol. The lowest BCUT2D eigenvalue weighted by molar-refractivity contribution is 0.102. The molecule has 5 heteroatoms.